The molecule has 5 N–H and O–H groups in total. The molecular formula is C61H84NO19P3. The molecule has 0 aromatic heterocycles. The molecule has 84 heavy (non-hydrogen) atoms. The van der Waals surface area contributed by atoms with Crippen LogP contribution < -0.4 is 5.32 Å². The van der Waals surface area contributed by atoms with Gasteiger partial charge in [0.25, 0.3) is 0 Å². The molecule has 1 fully saturated rings. The Labute approximate surface area is 494 Å². The van der Waals surface area contributed by atoms with Gasteiger partial charge in [0.1, 0.15) is 49.3 Å². The maximum absolute atomic E-state index is 14.8. The Morgan fingerprint density at radius 1 is 0.452 bits per heavy atom. The van der Waals surface area contributed by atoms with Gasteiger partial charge in [0.2, 0.25) is 0 Å². The van der Waals surface area contributed by atoms with Gasteiger partial charge in [0.05, 0.1) is 39.6 Å². The molecule has 3 unspecified atom stereocenters. The molecule has 0 bridgehead atoms. The number of phosphoric acid groups is 3. The summed E-state index contributed by atoms with van der Waals surface area (Å²) in [7, 11) is -15.2. The molecule has 5 aromatic carbocycles. The van der Waals surface area contributed by atoms with Crippen LogP contribution in [0.15, 0.2) is 152 Å². The topological polar surface area (TPSA) is 263 Å². The number of benzene rings is 5. The van der Waals surface area contributed by atoms with Crippen LogP contribution in [0.2, 0.25) is 0 Å². The van der Waals surface area contributed by atoms with Gasteiger partial charge < -0.3 is 39.7 Å². The summed E-state index contributed by atoms with van der Waals surface area (Å²) >= 11 is 0. The highest BCUT2D eigenvalue weighted by molar-refractivity contribution is 7.48. The summed E-state index contributed by atoms with van der Waals surface area (Å²) in [6.45, 7) is 1.61. The van der Waals surface area contributed by atoms with Gasteiger partial charge in [0.15, 0.2) is 0 Å². The fourth-order valence-corrected chi connectivity index (χ4v) is 12.5. The zero-order valence-electron chi connectivity index (χ0n) is 47.8. The first-order chi connectivity index (χ1) is 40.7. The van der Waals surface area contributed by atoms with Crippen LogP contribution in [-0.2, 0) is 97.1 Å². The first kappa shape index (κ1) is 68.6. The van der Waals surface area contributed by atoms with Crippen molar-refractivity contribution in [3.05, 3.63) is 179 Å². The van der Waals surface area contributed by atoms with Crippen molar-refractivity contribution < 1.29 is 89.1 Å². The molecule has 1 aliphatic carbocycles. The van der Waals surface area contributed by atoms with Gasteiger partial charge in [-0.2, -0.15) is 0 Å². The molecule has 23 heteroatoms. The normalized spacial score (nSPS) is 19.3. The van der Waals surface area contributed by atoms with Crippen LogP contribution in [0.4, 0.5) is 4.79 Å². The van der Waals surface area contributed by atoms with Crippen LogP contribution in [0.3, 0.4) is 0 Å². The van der Waals surface area contributed by atoms with Gasteiger partial charge in [-0.1, -0.05) is 216 Å². The lowest BCUT2D eigenvalue weighted by atomic mass is 9.85. The Hall–Kier alpha value is -4.50. The van der Waals surface area contributed by atoms with E-state index < -0.39 is 78.9 Å². The van der Waals surface area contributed by atoms with Gasteiger partial charge >= 0.3 is 29.6 Å². The number of hydrogen-bond donors (Lipinski definition) is 5. The Balaban J connectivity index is 1.13. The first-order valence-electron chi connectivity index (χ1n) is 28.9. The Bertz CT molecular complexity index is 2490. The van der Waals surface area contributed by atoms with Gasteiger partial charge in [-0.05, 0) is 47.1 Å². The second-order valence-corrected chi connectivity index (χ2v) is 25.0. The number of alkyl carbamates (subject to hydrolysis) is 1. The quantitative estimate of drug-likeness (QED) is 0.0180. The van der Waals surface area contributed by atoms with E-state index in [0.29, 0.717) is 48.4 Å². The van der Waals surface area contributed by atoms with Crippen LogP contribution in [0.5, 0.6) is 0 Å². The van der Waals surface area contributed by atoms with E-state index in [1.54, 1.807) is 121 Å². The number of unbranched alkanes of at least 4 members (excludes halogenated alkanes) is 10. The van der Waals surface area contributed by atoms with Crippen molar-refractivity contribution in [2.24, 2.45) is 0 Å². The monoisotopic (exact) mass is 1230 g/mol. The van der Waals surface area contributed by atoms with Crippen molar-refractivity contribution in [1.82, 2.24) is 5.32 Å². The number of carbonyl (C=O) groups excluding carboxylic acids is 1. The summed E-state index contributed by atoms with van der Waals surface area (Å²) in [5.74, 6) is 0. The third kappa shape index (κ3) is 25.8. The number of aliphatic hydroxyl groups excluding tert-OH is 3. The SMILES string of the molecule is CCCCCCCCO[C@H](COCCCCCCCCNC(=O)OCc1ccccc1)COP(=O)(O)OC1[C@H](O)[C@H](OP(=O)(OCc2ccccc2)OCc2ccccc2)C(O)[C@H](OP(=O)(OCc2ccccc2)OCc2ccccc2)[C@H]1O. The lowest BCUT2D eigenvalue weighted by molar-refractivity contribution is -0.215. The molecule has 462 valence electrons. The molecule has 0 radical (unpaired) electrons. The molecule has 0 aliphatic heterocycles. The van der Waals surface area contributed by atoms with Crippen LogP contribution in [-0.4, -0.2) is 102 Å². The zero-order chi connectivity index (χ0) is 59.7. The van der Waals surface area contributed by atoms with E-state index in [-0.39, 0.29) is 39.6 Å². The Kier molecular flexibility index (Phi) is 31.0. The fourth-order valence-electron chi connectivity index (χ4n) is 8.80. The largest absolute Gasteiger partial charge is 0.475 e. The maximum atomic E-state index is 14.8. The number of phosphoric ester groups is 3. The third-order valence-electron chi connectivity index (χ3n) is 13.5. The van der Waals surface area contributed by atoms with Crippen LogP contribution in [0, 0.1) is 0 Å². The van der Waals surface area contributed by atoms with Crippen molar-refractivity contribution in [2.75, 3.05) is 33.0 Å². The van der Waals surface area contributed by atoms with Crippen molar-refractivity contribution >= 4 is 29.6 Å². The predicted molar refractivity (Wildman–Crippen MR) is 315 cm³/mol. The number of hydrogen-bond acceptors (Lipinski definition) is 18. The van der Waals surface area contributed by atoms with E-state index in [9.17, 15) is 38.7 Å². The highest BCUT2D eigenvalue weighted by Gasteiger charge is 2.57. The van der Waals surface area contributed by atoms with E-state index >= 15 is 0 Å². The van der Waals surface area contributed by atoms with Gasteiger partial charge in [-0.3, -0.25) is 36.2 Å². The smallest absolute Gasteiger partial charge is 0.445 e. The molecule has 0 saturated heterocycles. The molecule has 1 amide bonds. The minimum atomic E-state index is -5.36. The number of ether oxygens (including phenoxy) is 3. The van der Waals surface area contributed by atoms with Gasteiger partial charge in [-0.15, -0.1) is 0 Å². The van der Waals surface area contributed by atoms with Crippen LogP contribution >= 0.6 is 23.5 Å². The molecule has 8 atom stereocenters. The lowest BCUT2D eigenvalue weighted by Crippen LogP contribution is -2.65. The number of carbonyl (C=O) groups is 1. The Morgan fingerprint density at radius 2 is 0.810 bits per heavy atom. The van der Waals surface area contributed by atoms with Crippen molar-refractivity contribution in [1.29, 1.82) is 0 Å². The molecular weight excluding hydrogens is 1140 g/mol. The average Bonchev–Trinajstić information content (AvgIpc) is 1.46. The number of aliphatic hydroxyl groups is 3. The summed E-state index contributed by atoms with van der Waals surface area (Å²) < 4.78 is 107. The zero-order valence-corrected chi connectivity index (χ0v) is 50.5. The summed E-state index contributed by atoms with van der Waals surface area (Å²) in [6, 6.07) is 43.9. The van der Waals surface area contributed by atoms with Crippen molar-refractivity contribution in [3.63, 3.8) is 0 Å². The van der Waals surface area contributed by atoms with Crippen LogP contribution in [0.25, 0.3) is 0 Å². The number of rotatable bonds is 42. The second kappa shape index (κ2) is 37.9. The van der Waals surface area contributed by atoms with E-state index in [1.807, 2.05) is 30.3 Å². The van der Waals surface area contributed by atoms with E-state index in [1.165, 1.54) is 0 Å². The van der Waals surface area contributed by atoms with E-state index in [2.05, 4.69) is 12.2 Å². The standard InChI is InChI=1S/C61H84NO19P3/c1-2-3-4-5-10-28-41-72-54(47-71-40-27-9-7-6-8-26-39-62-61(66)73-42-49-29-16-11-17-30-49)48-74-82(67,68)79-58-55(63)59(80-83(69,75-43-50-31-18-12-19-32-50)76-44-51-33-20-13-21-34-51)57(65)60(56(58)64)81-84(70,77-45-52-35-22-14-23-36-52)78-46-53-37-24-15-25-38-53/h11-25,29-38,54-60,63-65H,2-10,26-28,39-48H2,1H3,(H,62,66)(H,67,68)/t54-,55+,56+,57?,58?,59-,60+/m1/s1. The van der Waals surface area contributed by atoms with E-state index in [4.69, 9.17) is 50.4 Å². The molecule has 6 rings (SSSR count). The molecule has 20 nitrogen and oxygen atoms in total. The number of amides is 1. The summed E-state index contributed by atoms with van der Waals surface area (Å²) in [4.78, 5) is 23.5. The lowest BCUT2D eigenvalue weighted by Gasteiger charge is -2.45. The van der Waals surface area contributed by atoms with Crippen LogP contribution in [0.1, 0.15) is 112 Å². The molecule has 0 heterocycles. The minimum Gasteiger partial charge on any atom is -0.445 e. The number of nitrogens with one attached hydrogen (secondary N) is 1. The van der Waals surface area contributed by atoms with E-state index in [0.717, 1.165) is 76.2 Å². The molecule has 0 spiro atoms. The average molecular weight is 1230 g/mol. The molecule has 5 aromatic rings. The van der Waals surface area contributed by atoms with Crippen molar-refractivity contribution in [2.45, 2.75) is 160 Å². The summed E-state index contributed by atoms with van der Waals surface area (Å²) in [6.07, 6.45) is -3.64. The van der Waals surface area contributed by atoms with Gasteiger partial charge in [-0.25, -0.2) is 18.5 Å². The summed E-state index contributed by atoms with van der Waals surface area (Å²) in [5, 5.41) is 39.1. The Morgan fingerprint density at radius 3 is 1.23 bits per heavy atom. The van der Waals surface area contributed by atoms with Gasteiger partial charge in [0, 0.05) is 19.8 Å². The third-order valence-corrected chi connectivity index (χ3v) is 17.3. The maximum Gasteiger partial charge on any atom is 0.475 e. The molecule has 1 aliphatic rings. The minimum absolute atomic E-state index is 0.0168. The summed E-state index contributed by atoms with van der Waals surface area (Å²) in [5.41, 5.74) is 3.10. The second-order valence-electron chi connectivity index (χ2n) is 20.3. The highest BCUT2D eigenvalue weighted by atomic mass is 31.2. The van der Waals surface area contributed by atoms with Crippen molar-refractivity contribution in [3.8, 4) is 0 Å². The first-order valence-corrected chi connectivity index (χ1v) is 33.3. The fraction of sp³-hybridized carbons (Fsp3) is 0.492. The highest BCUT2D eigenvalue weighted by Crippen LogP contribution is 2.58. The predicted octanol–water partition coefficient (Wildman–Crippen LogP) is 12.5. The molecule has 1 saturated carbocycles.